The van der Waals surface area contributed by atoms with Crippen LogP contribution in [-0.2, 0) is 0 Å². The van der Waals surface area contributed by atoms with E-state index in [9.17, 15) is 5.11 Å². The molecular formula is C17H16N2O. The Bertz CT molecular complexity index is 742. The minimum atomic E-state index is 0.233. The highest BCUT2D eigenvalue weighted by molar-refractivity contribution is 5.70. The van der Waals surface area contributed by atoms with Crippen molar-refractivity contribution in [2.45, 2.75) is 13.8 Å². The molecule has 20 heavy (non-hydrogen) atoms. The average molecular weight is 264 g/mol. The topological polar surface area (TPSA) is 48.9 Å². The fourth-order valence-electron chi connectivity index (χ4n) is 2.25. The Morgan fingerprint density at radius 2 is 1.65 bits per heavy atom. The van der Waals surface area contributed by atoms with Crippen molar-refractivity contribution in [3.8, 4) is 28.4 Å². The number of nitrogens with one attached hydrogen (secondary N) is 1. The molecule has 3 rings (SSSR count). The van der Waals surface area contributed by atoms with Gasteiger partial charge in [0.15, 0.2) is 0 Å². The van der Waals surface area contributed by atoms with Crippen LogP contribution >= 0.6 is 0 Å². The van der Waals surface area contributed by atoms with E-state index in [1.54, 1.807) is 12.1 Å². The number of benzene rings is 2. The van der Waals surface area contributed by atoms with Gasteiger partial charge in [-0.2, -0.15) is 0 Å². The number of H-pyrrole nitrogens is 1. The van der Waals surface area contributed by atoms with Gasteiger partial charge >= 0.3 is 0 Å². The first kappa shape index (κ1) is 12.5. The molecule has 1 heterocycles. The highest BCUT2D eigenvalue weighted by Gasteiger charge is 2.12. The number of nitrogens with zero attached hydrogens (tertiary/aromatic N) is 1. The molecule has 0 amide bonds. The Labute approximate surface area is 117 Å². The number of hydrogen-bond donors (Lipinski definition) is 2. The summed E-state index contributed by atoms with van der Waals surface area (Å²) in [4.78, 5) is 7.87. The Balaban J connectivity index is 2.08. The van der Waals surface area contributed by atoms with Crippen LogP contribution in [0.25, 0.3) is 22.6 Å². The van der Waals surface area contributed by atoms with Crippen LogP contribution in [0.4, 0.5) is 0 Å². The minimum absolute atomic E-state index is 0.233. The Morgan fingerprint density at radius 1 is 0.950 bits per heavy atom. The number of aromatic hydroxyl groups is 1. The zero-order chi connectivity index (χ0) is 14.1. The molecule has 0 unspecified atom stereocenters. The van der Waals surface area contributed by atoms with Gasteiger partial charge in [0.05, 0.1) is 11.3 Å². The van der Waals surface area contributed by atoms with Crippen LogP contribution in [0.1, 0.15) is 11.3 Å². The third kappa shape index (κ3) is 2.18. The summed E-state index contributed by atoms with van der Waals surface area (Å²) in [5.41, 5.74) is 4.93. The van der Waals surface area contributed by atoms with E-state index in [2.05, 4.69) is 41.2 Å². The quantitative estimate of drug-likeness (QED) is 0.733. The molecule has 100 valence electrons. The fourth-order valence-corrected chi connectivity index (χ4v) is 2.25. The first-order valence-electron chi connectivity index (χ1n) is 6.57. The number of phenolic OH excluding ortho intramolecular Hbond substituents is 1. The highest BCUT2D eigenvalue weighted by atomic mass is 16.3. The van der Waals surface area contributed by atoms with Gasteiger partial charge in [0.25, 0.3) is 0 Å². The van der Waals surface area contributed by atoms with Crippen LogP contribution < -0.4 is 0 Å². The summed E-state index contributed by atoms with van der Waals surface area (Å²) in [6.45, 7) is 4.06. The second kappa shape index (κ2) is 4.85. The summed E-state index contributed by atoms with van der Waals surface area (Å²) < 4.78 is 0. The largest absolute Gasteiger partial charge is 0.507 e. The maximum Gasteiger partial charge on any atom is 0.142 e. The van der Waals surface area contributed by atoms with Crippen LogP contribution in [0.2, 0.25) is 0 Å². The van der Waals surface area contributed by atoms with Gasteiger partial charge in [-0.1, -0.05) is 42.0 Å². The lowest BCUT2D eigenvalue weighted by molar-refractivity contribution is 0.477. The molecule has 0 saturated carbocycles. The van der Waals surface area contributed by atoms with Crippen molar-refractivity contribution >= 4 is 0 Å². The number of phenols is 1. The van der Waals surface area contributed by atoms with Crippen molar-refractivity contribution in [3.63, 3.8) is 0 Å². The standard InChI is InChI=1S/C17H16N2O/c1-11-7-9-13(10-8-11)16-12(2)18-17(19-16)14-5-3-4-6-15(14)20/h3-10,20H,1-2H3,(H,18,19). The van der Waals surface area contributed by atoms with Gasteiger partial charge in [-0.3, -0.25) is 0 Å². The predicted octanol–water partition coefficient (Wildman–Crippen LogP) is 4.07. The lowest BCUT2D eigenvalue weighted by atomic mass is 10.1. The van der Waals surface area contributed by atoms with Crippen molar-refractivity contribution in [3.05, 3.63) is 59.8 Å². The molecule has 0 aliphatic heterocycles. The van der Waals surface area contributed by atoms with Crippen LogP contribution in [0.3, 0.4) is 0 Å². The molecule has 3 aromatic rings. The molecule has 3 nitrogen and oxygen atoms in total. The Hall–Kier alpha value is -2.55. The lowest BCUT2D eigenvalue weighted by Crippen LogP contribution is -1.82. The van der Waals surface area contributed by atoms with E-state index in [-0.39, 0.29) is 5.75 Å². The number of aromatic nitrogens is 2. The first-order valence-corrected chi connectivity index (χ1v) is 6.57. The maximum absolute atomic E-state index is 9.91. The average Bonchev–Trinajstić information content (AvgIpc) is 2.82. The van der Waals surface area contributed by atoms with Crippen molar-refractivity contribution < 1.29 is 5.11 Å². The summed E-state index contributed by atoms with van der Waals surface area (Å²) in [6, 6.07) is 15.5. The number of rotatable bonds is 2. The number of imidazole rings is 1. The predicted molar refractivity (Wildman–Crippen MR) is 80.6 cm³/mol. The third-order valence-corrected chi connectivity index (χ3v) is 3.37. The summed E-state index contributed by atoms with van der Waals surface area (Å²) in [6.07, 6.45) is 0. The summed E-state index contributed by atoms with van der Waals surface area (Å²) >= 11 is 0. The fraction of sp³-hybridized carbons (Fsp3) is 0.118. The molecule has 0 fully saturated rings. The second-order valence-corrected chi connectivity index (χ2v) is 4.94. The van der Waals surface area contributed by atoms with E-state index in [1.165, 1.54) is 5.56 Å². The van der Waals surface area contributed by atoms with E-state index < -0.39 is 0 Å². The number of para-hydroxylation sites is 1. The molecule has 2 N–H and O–H groups in total. The molecule has 2 aromatic carbocycles. The minimum Gasteiger partial charge on any atom is -0.507 e. The van der Waals surface area contributed by atoms with Crippen LogP contribution in [0, 0.1) is 13.8 Å². The van der Waals surface area contributed by atoms with E-state index >= 15 is 0 Å². The monoisotopic (exact) mass is 264 g/mol. The first-order chi connectivity index (χ1) is 9.65. The molecule has 3 heteroatoms. The summed E-state index contributed by atoms with van der Waals surface area (Å²) in [5.74, 6) is 0.924. The van der Waals surface area contributed by atoms with Gasteiger partial charge in [-0.25, -0.2) is 4.98 Å². The third-order valence-electron chi connectivity index (χ3n) is 3.37. The van der Waals surface area contributed by atoms with Gasteiger partial charge in [0.1, 0.15) is 11.6 Å². The van der Waals surface area contributed by atoms with E-state index in [4.69, 9.17) is 0 Å². The molecule has 0 radical (unpaired) electrons. The number of aromatic amines is 1. The normalized spacial score (nSPS) is 10.7. The van der Waals surface area contributed by atoms with Crippen molar-refractivity contribution in [1.29, 1.82) is 0 Å². The number of aryl methyl sites for hydroxylation is 2. The van der Waals surface area contributed by atoms with E-state index in [0.29, 0.717) is 11.4 Å². The maximum atomic E-state index is 9.91. The molecule has 1 aromatic heterocycles. The lowest BCUT2D eigenvalue weighted by Gasteiger charge is -2.00. The van der Waals surface area contributed by atoms with Gasteiger partial charge in [0, 0.05) is 11.3 Å². The van der Waals surface area contributed by atoms with Crippen molar-refractivity contribution in [1.82, 2.24) is 9.97 Å². The summed E-state index contributed by atoms with van der Waals surface area (Å²) in [5, 5.41) is 9.91. The van der Waals surface area contributed by atoms with Crippen LogP contribution in [-0.4, -0.2) is 15.1 Å². The second-order valence-electron chi connectivity index (χ2n) is 4.94. The molecule has 0 spiro atoms. The van der Waals surface area contributed by atoms with Gasteiger partial charge < -0.3 is 10.1 Å². The molecule has 0 bridgehead atoms. The van der Waals surface area contributed by atoms with Crippen LogP contribution in [0.5, 0.6) is 5.75 Å². The molecule has 0 aliphatic carbocycles. The zero-order valence-corrected chi connectivity index (χ0v) is 11.5. The van der Waals surface area contributed by atoms with Gasteiger partial charge in [-0.05, 0) is 26.0 Å². The highest BCUT2D eigenvalue weighted by Crippen LogP contribution is 2.30. The van der Waals surface area contributed by atoms with Crippen LogP contribution in [0.15, 0.2) is 48.5 Å². The zero-order valence-electron chi connectivity index (χ0n) is 11.5. The van der Waals surface area contributed by atoms with E-state index in [1.807, 2.05) is 19.1 Å². The van der Waals surface area contributed by atoms with Crippen molar-refractivity contribution in [2.24, 2.45) is 0 Å². The Morgan fingerprint density at radius 3 is 2.35 bits per heavy atom. The molecule has 0 saturated heterocycles. The molecule has 0 aliphatic rings. The molecule has 0 atom stereocenters. The molecular weight excluding hydrogens is 248 g/mol. The van der Waals surface area contributed by atoms with Gasteiger partial charge in [-0.15, -0.1) is 0 Å². The van der Waals surface area contributed by atoms with Crippen molar-refractivity contribution in [2.75, 3.05) is 0 Å². The summed E-state index contributed by atoms with van der Waals surface area (Å²) in [7, 11) is 0. The number of hydrogen-bond acceptors (Lipinski definition) is 2. The SMILES string of the molecule is Cc1ccc(-c2nc(-c3ccccc3O)[nH]c2C)cc1. The smallest absolute Gasteiger partial charge is 0.142 e. The van der Waals surface area contributed by atoms with Gasteiger partial charge in [0.2, 0.25) is 0 Å². The van der Waals surface area contributed by atoms with E-state index in [0.717, 1.165) is 17.0 Å². The Kier molecular flexibility index (Phi) is 3.03.